The van der Waals surface area contributed by atoms with Gasteiger partial charge >= 0.3 is 5.69 Å². The first kappa shape index (κ1) is 16.8. The van der Waals surface area contributed by atoms with Crippen LogP contribution in [0, 0.1) is 6.92 Å². The Bertz CT molecular complexity index is 1060. The monoisotopic (exact) mass is 357 g/mol. The minimum Gasteiger partial charge on any atom is -0.493 e. The average molecular weight is 357 g/mol. The van der Waals surface area contributed by atoms with Gasteiger partial charge in [-0.2, -0.15) is 0 Å². The molecule has 2 heterocycles. The summed E-state index contributed by atoms with van der Waals surface area (Å²) in [4.78, 5) is 30.4. The molecule has 2 N–H and O–H groups in total. The van der Waals surface area contributed by atoms with Crippen LogP contribution in [0.3, 0.4) is 0 Å². The number of nitrogens with one attached hydrogen (secondary N) is 1. The summed E-state index contributed by atoms with van der Waals surface area (Å²) in [6.45, 7) is 3.81. The Morgan fingerprint density at radius 1 is 1.36 bits per heavy atom. The lowest BCUT2D eigenvalue weighted by atomic mass is 10.2. The van der Waals surface area contributed by atoms with Crippen molar-refractivity contribution in [3.05, 3.63) is 61.2 Å². The van der Waals surface area contributed by atoms with Gasteiger partial charge < -0.3 is 5.11 Å². The molecular formula is C16H15N5O3S. The first-order valence-electron chi connectivity index (χ1n) is 7.51. The molecule has 2 aromatic heterocycles. The molecule has 0 amide bonds. The summed E-state index contributed by atoms with van der Waals surface area (Å²) in [6.07, 6.45) is 1.91. The third-order valence-electron chi connectivity index (χ3n) is 3.44. The smallest absolute Gasteiger partial charge is 0.335 e. The van der Waals surface area contributed by atoms with Crippen molar-refractivity contribution in [3.63, 3.8) is 0 Å². The summed E-state index contributed by atoms with van der Waals surface area (Å²) in [5.41, 5.74) is -0.233. The molecule has 1 aromatic carbocycles. The number of H-pyrrole nitrogens is 1. The summed E-state index contributed by atoms with van der Waals surface area (Å²) in [7, 11) is 0. The van der Waals surface area contributed by atoms with Gasteiger partial charge in [0.05, 0.1) is 5.69 Å². The standard InChI is InChI=1S/C16H15N5O3S/c1-3-12-19-20-15(25-12)17-8-11-13(22)18-16(24)21(14(11)23)10-6-4-5-9(2)7-10/h4-8,23H,3H2,1-2H3,(H,18,22,24)/b17-8+. The van der Waals surface area contributed by atoms with Gasteiger partial charge in [0.1, 0.15) is 10.6 Å². The van der Waals surface area contributed by atoms with Crippen molar-refractivity contribution in [1.82, 2.24) is 19.7 Å². The van der Waals surface area contributed by atoms with Crippen LogP contribution in [-0.4, -0.2) is 31.1 Å². The number of rotatable bonds is 4. The summed E-state index contributed by atoms with van der Waals surface area (Å²) in [5, 5.41) is 19.4. The average Bonchev–Trinajstić information content (AvgIpc) is 3.02. The third-order valence-corrected chi connectivity index (χ3v) is 4.42. The molecule has 3 rings (SSSR count). The van der Waals surface area contributed by atoms with Crippen LogP contribution < -0.4 is 11.2 Å². The van der Waals surface area contributed by atoms with Gasteiger partial charge in [-0.05, 0) is 31.0 Å². The lowest BCUT2D eigenvalue weighted by Crippen LogP contribution is -2.31. The van der Waals surface area contributed by atoms with Crippen LogP contribution >= 0.6 is 11.3 Å². The van der Waals surface area contributed by atoms with Crippen molar-refractivity contribution in [2.45, 2.75) is 20.3 Å². The number of aromatic hydroxyl groups is 1. The zero-order valence-corrected chi connectivity index (χ0v) is 14.4. The first-order chi connectivity index (χ1) is 12.0. The van der Waals surface area contributed by atoms with E-state index in [-0.39, 0.29) is 5.56 Å². The highest BCUT2D eigenvalue weighted by Gasteiger charge is 2.14. The molecule has 0 fully saturated rings. The van der Waals surface area contributed by atoms with Crippen LogP contribution in [0.2, 0.25) is 0 Å². The van der Waals surface area contributed by atoms with E-state index in [0.29, 0.717) is 10.8 Å². The SMILES string of the molecule is CCc1nnc(/N=C/c2c(O)n(-c3cccc(C)c3)c(=O)[nH]c2=O)s1. The highest BCUT2D eigenvalue weighted by Crippen LogP contribution is 2.20. The fourth-order valence-electron chi connectivity index (χ4n) is 2.22. The zero-order valence-electron chi connectivity index (χ0n) is 13.6. The first-order valence-corrected chi connectivity index (χ1v) is 8.33. The predicted molar refractivity (Wildman–Crippen MR) is 95.6 cm³/mol. The molecule has 0 unspecified atom stereocenters. The van der Waals surface area contributed by atoms with Gasteiger partial charge in [0.2, 0.25) is 11.0 Å². The van der Waals surface area contributed by atoms with Crippen molar-refractivity contribution in [1.29, 1.82) is 0 Å². The van der Waals surface area contributed by atoms with E-state index in [9.17, 15) is 14.7 Å². The zero-order chi connectivity index (χ0) is 18.0. The number of hydrogen-bond donors (Lipinski definition) is 2. The van der Waals surface area contributed by atoms with Crippen molar-refractivity contribution in [2.75, 3.05) is 0 Å². The van der Waals surface area contributed by atoms with Crippen LogP contribution in [0.1, 0.15) is 23.1 Å². The molecule has 0 atom stereocenters. The largest absolute Gasteiger partial charge is 0.493 e. The maximum atomic E-state index is 12.1. The summed E-state index contributed by atoms with van der Waals surface area (Å²) in [5.74, 6) is -0.483. The molecule has 0 radical (unpaired) electrons. The second-order valence-electron chi connectivity index (χ2n) is 5.26. The van der Waals surface area contributed by atoms with Crippen LogP contribution in [0.15, 0.2) is 38.8 Å². The molecule has 8 nitrogen and oxygen atoms in total. The van der Waals surface area contributed by atoms with Crippen LogP contribution in [-0.2, 0) is 6.42 Å². The van der Waals surface area contributed by atoms with Crippen LogP contribution in [0.4, 0.5) is 5.13 Å². The number of nitrogens with zero attached hydrogens (tertiary/aromatic N) is 4. The normalized spacial score (nSPS) is 11.3. The van der Waals surface area contributed by atoms with Crippen LogP contribution in [0.25, 0.3) is 5.69 Å². The van der Waals surface area contributed by atoms with Gasteiger partial charge in [-0.25, -0.2) is 14.4 Å². The number of aromatic nitrogens is 4. The molecule has 9 heteroatoms. The summed E-state index contributed by atoms with van der Waals surface area (Å²) < 4.78 is 1.02. The fraction of sp³-hybridized carbons (Fsp3) is 0.188. The Labute approximate surface area is 146 Å². The van der Waals surface area contributed by atoms with Gasteiger partial charge in [0, 0.05) is 6.21 Å². The second kappa shape index (κ2) is 6.81. The van der Waals surface area contributed by atoms with Gasteiger partial charge in [0.15, 0.2) is 0 Å². The maximum Gasteiger partial charge on any atom is 0.335 e. The molecule has 0 spiro atoms. The molecule has 0 bridgehead atoms. The van der Waals surface area contributed by atoms with Gasteiger partial charge in [-0.3, -0.25) is 9.78 Å². The Morgan fingerprint density at radius 3 is 2.84 bits per heavy atom. The Morgan fingerprint density at radius 2 is 2.16 bits per heavy atom. The van der Waals surface area contributed by atoms with E-state index >= 15 is 0 Å². The molecule has 0 aliphatic rings. The minimum absolute atomic E-state index is 0.130. The third kappa shape index (κ3) is 3.41. The molecule has 0 saturated carbocycles. The predicted octanol–water partition coefficient (Wildman–Crippen LogP) is 1.70. The van der Waals surface area contributed by atoms with Crippen molar-refractivity contribution >= 4 is 22.7 Å². The number of aliphatic imine (C=N–C) groups is 1. The van der Waals surface area contributed by atoms with Gasteiger partial charge in [-0.1, -0.05) is 30.4 Å². The maximum absolute atomic E-state index is 12.1. The highest BCUT2D eigenvalue weighted by atomic mass is 32.1. The van der Waals surface area contributed by atoms with Gasteiger partial charge in [0.25, 0.3) is 5.56 Å². The molecule has 3 aromatic rings. The number of aryl methyl sites for hydroxylation is 2. The van der Waals surface area contributed by atoms with Crippen LogP contribution in [0.5, 0.6) is 5.88 Å². The highest BCUT2D eigenvalue weighted by molar-refractivity contribution is 7.14. The molecule has 0 saturated heterocycles. The van der Waals surface area contributed by atoms with E-state index in [1.165, 1.54) is 17.6 Å². The van der Waals surface area contributed by atoms with E-state index in [1.807, 2.05) is 19.9 Å². The molecule has 0 aliphatic heterocycles. The Kier molecular flexibility index (Phi) is 4.57. The van der Waals surface area contributed by atoms with E-state index in [4.69, 9.17) is 0 Å². The Balaban J connectivity index is 2.10. The second-order valence-corrected chi connectivity index (χ2v) is 6.30. The molecule has 25 heavy (non-hydrogen) atoms. The lowest BCUT2D eigenvalue weighted by Gasteiger charge is -2.09. The van der Waals surface area contributed by atoms with E-state index in [2.05, 4.69) is 20.2 Å². The van der Waals surface area contributed by atoms with E-state index in [1.54, 1.807) is 18.2 Å². The molecule has 128 valence electrons. The van der Waals surface area contributed by atoms with E-state index < -0.39 is 17.1 Å². The van der Waals surface area contributed by atoms with Crippen molar-refractivity contribution in [3.8, 4) is 11.6 Å². The number of hydrogen-bond acceptors (Lipinski definition) is 7. The molecular weight excluding hydrogens is 342 g/mol. The Hall–Kier alpha value is -3.07. The number of aromatic amines is 1. The number of benzene rings is 1. The topological polar surface area (TPSA) is 113 Å². The summed E-state index contributed by atoms with van der Waals surface area (Å²) >= 11 is 1.29. The van der Waals surface area contributed by atoms with Crippen molar-refractivity contribution < 1.29 is 5.11 Å². The minimum atomic E-state index is -0.727. The fourth-order valence-corrected chi connectivity index (χ4v) is 2.84. The molecule has 0 aliphatic carbocycles. The van der Waals surface area contributed by atoms with Crippen molar-refractivity contribution in [2.24, 2.45) is 4.99 Å². The van der Waals surface area contributed by atoms with E-state index in [0.717, 1.165) is 21.6 Å². The quantitative estimate of drug-likeness (QED) is 0.690. The summed E-state index contributed by atoms with van der Waals surface area (Å²) in [6, 6.07) is 6.99. The lowest BCUT2D eigenvalue weighted by molar-refractivity contribution is 0.430. The van der Waals surface area contributed by atoms with Gasteiger partial charge in [-0.15, -0.1) is 10.2 Å².